The highest BCUT2D eigenvalue weighted by Gasteiger charge is 2.19. The molecule has 0 aliphatic carbocycles. The van der Waals surface area contributed by atoms with Gasteiger partial charge < -0.3 is 9.08 Å². The highest BCUT2D eigenvalue weighted by atomic mass is 32.2. The van der Waals surface area contributed by atoms with Crippen LogP contribution in [0.5, 0.6) is 5.75 Å². The summed E-state index contributed by atoms with van der Waals surface area (Å²) in [6, 6.07) is 12.5. The summed E-state index contributed by atoms with van der Waals surface area (Å²) in [5, 5.41) is 2.82. The Balaban J connectivity index is 1.74. The number of carbonyl (C=O) groups is 1. The summed E-state index contributed by atoms with van der Waals surface area (Å²) in [5.74, 6) is 0.0817. The molecule has 0 radical (unpaired) electrons. The summed E-state index contributed by atoms with van der Waals surface area (Å²) in [7, 11) is -4.00. The first-order chi connectivity index (χ1) is 13.8. The maximum absolute atomic E-state index is 12.6. The van der Waals surface area contributed by atoms with E-state index in [0.717, 1.165) is 16.3 Å². The molecule has 8 heteroatoms. The summed E-state index contributed by atoms with van der Waals surface area (Å²) in [4.78, 5) is 18.4. The van der Waals surface area contributed by atoms with E-state index >= 15 is 0 Å². The molecule has 0 saturated heterocycles. The standard InChI is InChI=1S/C21H22N2O4S2/c1-4-23(5-2)21(24)17-8-12-19(13-9-17)29(25,26)27-18-10-6-16(7-11-18)20-22-15(3)14-28-20/h6-14H,4-5H2,1-3H3. The first-order valence-corrected chi connectivity index (χ1v) is 11.5. The number of hydrogen-bond acceptors (Lipinski definition) is 6. The Bertz CT molecular complexity index is 1080. The Labute approximate surface area is 174 Å². The average Bonchev–Trinajstić information content (AvgIpc) is 3.15. The summed E-state index contributed by atoms with van der Waals surface area (Å²) < 4.78 is 30.4. The molecule has 6 nitrogen and oxygen atoms in total. The van der Waals surface area contributed by atoms with Crippen LogP contribution in [0.1, 0.15) is 29.9 Å². The van der Waals surface area contributed by atoms with Gasteiger partial charge in [-0.25, -0.2) is 4.98 Å². The van der Waals surface area contributed by atoms with Gasteiger partial charge in [-0.1, -0.05) is 0 Å². The maximum atomic E-state index is 12.6. The van der Waals surface area contributed by atoms with Gasteiger partial charge >= 0.3 is 10.1 Å². The summed E-state index contributed by atoms with van der Waals surface area (Å²) in [5.41, 5.74) is 2.28. The second-order valence-electron chi connectivity index (χ2n) is 6.36. The van der Waals surface area contributed by atoms with Crippen LogP contribution < -0.4 is 4.18 Å². The third-order valence-electron chi connectivity index (χ3n) is 4.37. The number of carbonyl (C=O) groups excluding carboxylic acids is 1. The first kappa shape index (κ1) is 21.0. The van der Waals surface area contributed by atoms with Gasteiger partial charge in [-0.05, 0) is 69.3 Å². The Kier molecular flexibility index (Phi) is 6.34. The fourth-order valence-electron chi connectivity index (χ4n) is 2.77. The molecule has 3 aromatic rings. The second kappa shape index (κ2) is 8.75. The van der Waals surface area contributed by atoms with Crippen molar-refractivity contribution in [1.82, 2.24) is 9.88 Å². The Morgan fingerprint density at radius 1 is 1.03 bits per heavy atom. The topological polar surface area (TPSA) is 76.6 Å². The number of rotatable bonds is 7. The predicted molar refractivity (Wildman–Crippen MR) is 114 cm³/mol. The van der Waals surface area contributed by atoms with Crippen molar-refractivity contribution in [1.29, 1.82) is 0 Å². The van der Waals surface area contributed by atoms with Gasteiger partial charge in [0, 0.05) is 35.3 Å². The highest BCUT2D eigenvalue weighted by molar-refractivity contribution is 7.87. The van der Waals surface area contributed by atoms with Gasteiger partial charge in [0.15, 0.2) is 0 Å². The van der Waals surface area contributed by atoms with Crippen molar-refractivity contribution in [3.63, 3.8) is 0 Å². The average molecular weight is 431 g/mol. The van der Waals surface area contributed by atoms with Crippen molar-refractivity contribution in [3.8, 4) is 16.3 Å². The quantitative estimate of drug-likeness (QED) is 0.520. The number of amides is 1. The minimum atomic E-state index is -4.00. The Morgan fingerprint density at radius 3 is 2.17 bits per heavy atom. The van der Waals surface area contributed by atoms with E-state index in [9.17, 15) is 13.2 Å². The van der Waals surface area contributed by atoms with Crippen molar-refractivity contribution >= 4 is 27.4 Å². The zero-order valence-corrected chi connectivity index (χ0v) is 18.1. The molecule has 0 atom stereocenters. The molecular formula is C21H22N2O4S2. The lowest BCUT2D eigenvalue weighted by Gasteiger charge is -2.18. The monoisotopic (exact) mass is 430 g/mol. The van der Waals surface area contributed by atoms with Crippen LogP contribution in [0, 0.1) is 6.92 Å². The largest absolute Gasteiger partial charge is 0.379 e. The molecular weight excluding hydrogens is 408 g/mol. The van der Waals surface area contributed by atoms with Crippen molar-refractivity contribution in [2.75, 3.05) is 13.1 Å². The van der Waals surface area contributed by atoms with Crippen molar-refractivity contribution < 1.29 is 17.4 Å². The number of benzene rings is 2. The molecule has 0 aliphatic heterocycles. The van der Waals surface area contributed by atoms with E-state index in [2.05, 4.69) is 4.98 Å². The van der Waals surface area contributed by atoms with Gasteiger partial charge in [-0.15, -0.1) is 11.3 Å². The SMILES string of the molecule is CCN(CC)C(=O)c1ccc(S(=O)(=O)Oc2ccc(-c3nc(C)cs3)cc2)cc1. The maximum Gasteiger partial charge on any atom is 0.339 e. The molecule has 3 rings (SSSR count). The molecule has 1 heterocycles. The summed E-state index contributed by atoms with van der Waals surface area (Å²) >= 11 is 1.53. The molecule has 0 spiro atoms. The van der Waals surface area contributed by atoms with Crippen molar-refractivity contribution in [3.05, 3.63) is 65.2 Å². The molecule has 0 fully saturated rings. The van der Waals surface area contributed by atoms with E-state index < -0.39 is 10.1 Å². The van der Waals surface area contributed by atoms with Crippen LogP contribution in [0.4, 0.5) is 0 Å². The summed E-state index contributed by atoms with van der Waals surface area (Å²) in [6.45, 7) is 6.90. The molecule has 0 bridgehead atoms. The number of aryl methyl sites for hydroxylation is 1. The van der Waals surface area contributed by atoms with Crippen molar-refractivity contribution in [2.24, 2.45) is 0 Å². The van der Waals surface area contributed by atoms with E-state index in [1.165, 1.54) is 35.6 Å². The van der Waals surface area contributed by atoms with Crippen molar-refractivity contribution in [2.45, 2.75) is 25.7 Å². The fraction of sp³-hybridized carbons (Fsp3) is 0.238. The number of hydrogen-bond donors (Lipinski definition) is 0. The minimum Gasteiger partial charge on any atom is -0.379 e. The van der Waals surface area contributed by atoms with Crippen LogP contribution in [0.2, 0.25) is 0 Å². The van der Waals surface area contributed by atoms with Crippen LogP contribution in [-0.2, 0) is 10.1 Å². The first-order valence-electron chi connectivity index (χ1n) is 9.20. The zero-order valence-electron chi connectivity index (χ0n) is 16.5. The molecule has 1 aromatic heterocycles. The third-order valence-corrected chi connectivity index (χ3v) is 6.64. The lowest BCUT2D eigenvalue weighted by atomic mass is 10.2. The highest BCUT2D eigenvalue weighted by Crippen LogP contribution is 2.27. The molecule has 2 aromatic carbocycles. The molecule has 152 valence electrons. The van der Waals surface area contributed by atoms with Gasteiger partial charge in [0.25, 0.3) is 5.91 Å². The van der Waals surface area contributed by atoms with Crippen LogP contribution in [0.15, 0.2) is 58.8 Å². The molecule has 0 unspecified atom stereocenters. The fourth-order valence-corrected chi connectivity index (χ4v) is 4.51. The van der Waals surface area contributed by atoms with Crippen LogP contribution in [-0.4, -0.2) is 37.3 Å². The predicted octanol–water partition coefficient (Wildman–Crippen LogP) is 4.37. The molecule has 0 N–H and O–H groups in total. The van der Waals surface area contributed by atoms with E-state index in [-0.39, 0.29) is 16.6 Å². The third kappa shape index (κ3) is 4.83. The van der Waals surface area contributed by atoms with Gasteiger partial charge in [-0.2, -0.15) is 8.42 Å². The van der Waals surface area contributed by atoms with E-state index in [1.54, 1.807) is 29.2 Å². The number of nitrogens with zero attached hydrogens (tertiary/aromatic N) is 2. The lowest BCUT2D eigenvalue weighted by Crippen LogP contribution is -2.30. The van der Waals surface area contributed by atoms with Gasteiger partial charge in [0.1, 0.15) is 15.7 Å². The smallest absolute Gasteiger partial charge is 0.339 e. The van der Waals surface area contributed by atoms with Crippen LogP contribution in [0.25, 0.3) is 10.6 Å². The minimum absolute atomic E-state index is 0.00628. The number of thiazole rings is 1. The van der Waals surface area contributed by atoms with Gasteiger partial charge in [0.05, 0.1) is 0 Å². The van der Waals surface area contributed by atoms with E-state index in [1.807, 2.05) is 26.2 Å². The second-order valence-corrected chi connectivity index (χ2v) is 8.76. The lowest BCUT2D eigenvalue weighted by molar-refractivity contribution is 0.0773. The van der Waals surface area contributed by atoms with E-state index in [0.29, 0.717) is 18.7 Å². The zero-order chi connectivity index (χ0) is 21.0. The van der Waals surface area contributed by atoms with E-state index in [4.69, 9.17) is 4.18 Å². The molecule has 0 aliphatic rings. The molecule has 0 saturated carbocycles. The normalized spacial score (nSPS) is 11.3. The number of aromatic nitrogens is 1. The van der Waals surface area contributed by atoms with Gasteiger partial charge in [-0.3, -0.25) is 4.79 Å². The van der Waals surface area contributed by atoms with Gasteiger partial charge in [0.2, 0.25) is 0 Å². The molecule has 29 heavy (non-hydrogen) atoms. The van der Waals surface area contributed by atoms with Crippen LogP contribution in [0.3, 0.4) is 0 Å². The Morgan fingerprint density at radius 2 is 1.66 bits per heavy atom. The molecule has 1 amide bonds. The van der Waals surface area contributed by atoms with Crippen LogP contribution >= 0.6 is 11.3 Å². The Hall–Kier alpha value is -2.71. The summed E-state index contributed by atoms with van der Waals surface area (Å²) in [6.07, 6.45) is 0.